The number of nitrogens with zero attached hydrogens (tertiary/aromatic N) is 2. The molecular weight excluding hydrogens is 209 g/mol. The lowest BCUT2D eigenvalue weighted by Crippen LogP contribution is -1.97. The Bertz CT molecular complexity index is 516. The van der Waals surface area contributed by atoms with Crippen LogP contribution in [0.15, 0.2) is 30.5 Å². The summed E-state index contributed by atoms with van der Waals surface area (Å²) < 4.78 is 18.9. The average molecular weight is 219 g/mol. The fraction of sp³-hybridized carbons (Fsp3) is 0.0909. The molecule has 0 spiro atoms. The van der Waals surface area contributed by atoms with Crippen molar-refractivity contribution in [3.8, 4) is 11.6 Å². The van der Waals surface area contributed by atoms with Gasteiger partial charge in [0, 0.05) is 12.3 Å². The minimum atomic E-state index is -0.403. The van der Waals surface area contributed by atoms with Gasteiger partial charge in [-0.1, -0.05) is 12.1 Å². The predicted molar refractivity (Wildman–Crippen MR) is 57.7 cm³/mol. The molecule has 0 saturated heterocycles. The van der Waals surface area contributed by atoms with Crippen molar-refractivity contribution in [2.75, 3.05) is 5.73 Å². The van der Waals surface area contributed by atoms with Gasteiger partial charge < -0.3 is 10.5 Å². The van der Waals surface area contributed by atoms with Gasteiger partial charge in [-0.3, -0.25) is 0 Å². The van der Waals surface area contributed by atoms with E-state index in [2.05, 4.69) is 9.97 Å². The molecule has 0 radical (unpaired) electrons. The van der Waals surface area contributed by atoms with Gasteiger partial charge in [-0.15, -0.1) is 0 Å². The summed E-state index contributed by atoms with van der Waals surface area (Å²) in [6.07, 6.45) is 1.45. The van der Waals surface area contributed by atoms with E-state index in [1.807, 2.05) is 0 Å². The van der Waals surface area contributed by atoms with E-state index in [4.69, 9.17) is 10.5 Å². The van der Waals surface area contributed by atoms with Crippen molar-refractivity contribution in [1.82, 2.24) is 9.97 Å². The van der Waals surface area contributed by atoms with E-state index in [0.717, 1.165) is 0 Å². The lowest BCUT2D eigenvalue weighted by Gasteiger charge is -2.06. The van der Waals surface area contributed by atoms with Crippen molar-refractivity contribution in [1.29, 1.82) is 0 Å². The second kappa shape index (κ2) is 4.14. The van der Waals surface area contributed by atoms with Crippen molar-refractivity contribution >= 4 is 5.95 Å². The summed E-state index contributed by atoms with van der Waals surface area (Å²) in [6, 6.07) is 6.41. The summed E-state index contributed by atoms with van der Waals surface area (Å²) in [7, 11) is 0. The third-order valence-corrected chi connectivity index (χ3v) is 2.02. The number of aryl methyl sites for hydroxylation is 1. The smallest absolute Gasteiger partial charge is 0.224 e. The first-order valence-corrected chi connectivity index (χ1v) is 4.68. The minimum Gasteiger partial charge on any atom is -0.436 e. The molecule has 2 aromatic rings. The number of halogens is 1. The zero-order valence-corrected chi connectivity index (χ0v) is 8.64. The zero-order chi connectivity index (χ0) is 11.5. The fourth-order valence-corrected chi connectivity index (χ4v) is 1.23. The molecule has 4 nitrogen and oxygen atoms in total. The van der Waals surface area contributed by atoms with Crippen LogP contribution in [0.4, 0.5) is 10.3 Å². The van der Waals surface area contributed by atoms with Crippen LogP contribution >= 0.6 is 0 Å². The molecule has 82 valence electrons. The Balaban J connectivity index is 2.31. The molecule has 1 aromatic heterocycles. The lowest BCUT2D eigenvalue weighted by atomic mass is 10.2. The first kappa shape index (κ1) is 10.4. The third-order valence-electron chi connectivity index (χ3n) is 2.02. The molecule has 0 unspecified atom stereocenters. The number of aromatic nitrogens is 2. The quantitative estimate of drug-likeness (QED) is 0.841. The minimum absolute atomic E-state index is 0.0885. The molecule has 0 amide bonds. The van der Waals surface area contributed by atoms with Crippen LogP contribution in [0.1, 0.15) is 5.56 Å². The maximum Gasteiger partial charge on any atom is 0.224 e. The molecule has 0 bridgehead atoms. The molecule has 16 heavy (non-hydrogen) atoms. The van der Waals surface area contributed by atoms with E-state index in [-0.39, 0.29) is 17.6 Å². The van der Waals surface area contributed by atoms with E-state index in [9.17, 15) is 4.39 Å². The standard InChI is InChI=1S/C11H10FN3O/c1-7-3-2-4-8(10(7)12)16-9-5-6-14-11(13)15-9/h2-6H,1H3,(H2,13,14,15). The Morgan fingerprint density at radius 2 is 2.12 bits per heavy atom. The number of hydrogen-bond acceptors (Lipinski definition) is 4. The summed E-state index contributed by atoms with van der Waals surface area (Å²) >= 11 is 0. The van der Waals surface area contributed by atoms with Crippen LogP contribution < -0.4 is 10.5 Å². The van der Waals surface area contributed by atoms with Crippen molar-refractivity contribution in [2.24, 2.45) is 0 Å². The van der Waals surface area contributed by atoms with Crippen molar-refractivity contribution in [3.05, 3.63) is 41.8 Å². The van der Waals surface area contributed by atoms with Gasteiger partial charge in [0.05, 0.1) is 0 Å². The number of rotatable bonds is 2. The summed E-state index contributed by atoms with van der Waals surface area (Å²) in [5, 5.41) is 0. The molecule has 0 saturated carbocycles. The Hall–Kier alpha value is -2.17. The van der Waals surface area contributed by atoms with Crippen LogP contribution in [0.2, 0.25) is 0 Å². The molecule has 0 fully saturated rings. The maximum absolute atomic E-state index is 13.6. The summed E-state index contributed by atoms with van der Waals surface area (Å²) in [5.74, 6) is 0.0281. The number of ether oxygens (including phenoxy) is 1. The van der Waals surface area contributed by atoms with E-state index >= 15 is 0 Å². The number of hydrogen-bond donors (Lipinski definition) is 1. The SMILES string of the molecule is Cc1cccc(Oc2ccnc(N)n2)c1F. The molecule has 0 aliphatic heterocycles. The van der Waals surface area contributed by atoms with Crippen LogP contribution in [0.25, 0.3) is 0 Å². The normalized spacial score (nSPS) is 10.1. The van der Waals surface area contributed by atoms with Crippen molar-refractivity contribution in [3.63, 3.8) is 0 Å². The van der Waals surface area contributed by atoms with Crippen molar-refractivity contribution < 1.29 is 9.13 Å². The van der Waals surface area contributed by atoms with Crippen molar-refractivity contribution in [2.45, 2.75) is 6.92 Å². The maximum atomic E-state index is 13.6. The van der Waals surface area contributed by atoms with Crippen LogP contribution in [0.3, 0.4) is 0 Å². The van der Waals surface area contributed by atoms with Crippen LogP contribution in [-0.2, 0) is 0 Å². The number of anilines is 1. The van der Waals surface area contributed by atoms with Gasteiger partial charge in [-0.05, 0) is 18.6 Å². The van der Waals surface area contributed by atoms with Crippen LogP contribution in [0, 0.1) is 12.7 Å². The topological polar surface area (TPSA) is 61.0 Å². The Morgan fingerprint density at radius 1 is 1.31 bits per heavy atom. The second-order valence-corrected chi connectivity index (χ2v) is 3.24. The zero-order valence-electron chi connectivity index (χ0n) is 8.64. The molecule has 1 aromatic carbocycles. The molecule has 0 aliphatic rings. The highest BCUT2D eigenvalue weighted by Gasteiger charge is 2.07. The van der Waals surface area contributed by atoms with Crippen LogP contribution in [-0.4, -0.2) is 9.97 Å². The largest absolute Gasteiger partial charge is 0.436 e. The molecule has 2 N–H and O–H groups in total. The van der Waals surface area contributed by atoms with Gasteiger partial charge >= 0.3 is 0 Å². The summed E-state index contributed by atoms with van der Waals surface area (Å²) in [6.45, 7) is 1.66. The summed E-state index contributed by atoms with van der Waals surface area (Å²) in [5.41, 5.74) is 5.90. The van der Waals surface area contributed by atoms with Crippen LogP contribution in [0.5, 0.6) is 11.6 Å². The van der Waals surface area contributed by atoms with Gasteiger partial charge in [-0.2, -0.15) is 4.98 Å². The molecule has 0 aliphatic carbocycles. The fourth-order valence-electron chi connectivity index (χ4n) is 1.23. The summed E-state index contributed by atoms with van der Waals surface area (Å²) in [4.78, 5) is 7.53. The predicted octanol–water partition coefficient (Wildman–Crippen LogP) is 2.30. The highest BCUT2D eigenvalue weighted by Crippen LogP contribution is 2.24. The van der Waals surface area contributed by atoms with E-state index in [0.29, 0.717) is 5.56 Å². The highest BCUT2D eigenvalue weighted by molar-refractivity contribution is 5.33. The number of nitrogens with two attached hydrogens (primary N) is 1. The van der Waals surface area contributed by atoms with E-state index < -0.39 is 5.82 Å². The number of nitrogen functional groups attached to an aromatic ring is 1. The van der Waals surface area contributed by atoms with E-state index in [1.54, 1.807) is 19.1 Å². The molecular formula is C11H10FN3O. The average Bonchev–Trinajstić information content (AvgIpc) is 2.25. The molecule has 2 rings (SSSR count). The van der Waals surface area contributed by atoms with Gasteiger partial charge in [0.1, 0.15) is 0 Å². The second-order valence-electron chi connectivity index (χ2n) is 3.24. The number of benzene rings is 1. The van der Waals surface area contributed by atoms with Gasteiger partial charge in [-0.25, -0.2) is 9.37 Å². The first-order valence-electron chi connectivity index (χ1n) is 4.68. The monoisotopic (exact) mass is 219 g/mol. The highest BCUT2D eigenvalue weighted by atomic mass is 19.1. The molecule has 1 heterocycles. The Morgan fingerprint density at radius 3 is 2.88 bits per heavy atom. The third kappa shape index (κ3) is 2.08. The van der Waals surface area contributed by atoms with E-state index in [1.165, 1.54) is 18.3 Å². The van der Waals surface area contributed by atoms with Gasteiger partial charge in [0.15, 0.2) is 11.6 Å². The van der Waals surface area contributed by atoms with Gasteiger partial charge in [0.2, 0.25) is 11.8 Å². The Kier molecular flexibility index (Phi) is 2.68. The van der Waals surface area contributed by atoms with Gasteiger partial charge in [0.25, 0.3) is 0 Å². The first-order chi connectivity index (χ1) is 7.66. The molecule has 0 atom stereocenters. The molecule has 5 heteroatoms. The Labute approximate surface area is 91.9 Å². The lowest BCUT2D eigenvalue weighted by molar-refractivity contribution is 0.425.